The van der Waals surface area contributed by atoms with Crippen LogP contribution in [-0.2, 0) is 0 Å². The molecule has 0 bridgehead atoms. The number of nitrogens with two attached hydrogens (primary N) is 1. The van der Waals surface area contributed by atoms with Crippen molar-refractivity contribution in [3.05, 3.63) is 0 Å². The van der Waals surface area contributed by atoms with Crippen molar-refractivity contribution in [1.29, 1.82) is 0 Å². The molecule has 1 rings (SSSR count). The molecular weight excluding hydrogens is 200 g/mol. The van der Waals surface area contributed by atoms with Gasteiger partial charge in [0.1, 0.15) is 0 Å². The molecule has 3 N–H and O–H groups in total. The standard InChI is InChI=1S/C13H28N2O/c1-10(2)12-6-5-7-15(12)11(3)8-13(4,16)9-14/h10-12,16H,5-9,14H2,1-4H3. The number of nitrogens with zero attached hydrogens (tertiary/aromatic N) is 1. The van der Waals surface area contributed by atoms with Crippen LogP contribution in [0.25, 0.3) is 0 Å². The number of rotatable bonds is 5. The maximum absolute atomic E-state index is 10.0. The molecule has 3 atom stereocenters. The van der Waals surface area contributed by atoms with Gasteiger partial charge in [-0.05, 0) is 45.6 Å². The number of hydrogen-bond acceptors (Lipinski definition) is 3. The van der Waals surface area contributed by atoms with Crippen LogP contribution in [0.2, 0.25) is 0 Å². The Kier molecular flexibility index (Phi) is 4.77. The van der Waals surface area contributed by atoms with Crippen molar-refractivity contribution in [1.82, 2.24) is 4.90 Å². The summed E-state index contributed by atoms with van der Waals surface area (Å²) in [5, 5.41) is 10.0. The average Bonchev–Trinajstić information content (AvgIpc) is 2.65. The van der Waals surface area contributed by atoms with Gasteiger partial charge in [0, 0.05) is 18.6 Å². The first-order valence-corrected chi connectivity index (χ1v) is 6.55. The molecule has 1 aliphatic rings. The minimum Gasteiger partial charge on any atom is -0.389 e. The van der Waals surface area contributed by atoms with E-state index in [1.807, 2.05) is 6.92 Å². The molecule has 16 heavy (non-hydrogen) atoms. The van der Waals surface area contributed by atoms with Crippen molar-refractivity contribution >= 4 is 0 Å². The van der Waals surface area contributed by atoms with Crippen LogP contribution < -0.4 is 5.73 Å². The van der Waals surface area contributed by atoms with Crippen LogP contribution in [0, 0.1) is 5.92 Å². The van der Waals surface area contributed by atoms with Crippen molar-refractivity contribution in [2.24, 2.45) is 11.7 Å². The van der Waals surface area contributed by atoms with E-state index in [2.05, 4.69) is 25.7 Å². The summed E-state index contributed by atoms with van der Waals surface area (Å²) in [5.74, 6) is 0.702. The van der Waals surface area contributed by atoms with E-state index in [4.69, 9.17) is 5.73 Å². The molecule has 0 saturated carbocycles. The molecule has 1 aliphatic heterocycles. The molecule has 3 heteroatoms. The molecule has 1 saturated heterocycles. The second kappa shape index (κ2) is 5.48. The van der Waals surface area contributed by atoms with Crippen molar-refractivity contribution in [3.8, 4) is 0 Å². The normalized spacial score (nSPS) is 28.3. The Balaban J connectivity index is 2.56. The lowest BCUT2D eigenvalue weighted by Gasteiger charge is -2.36. The van der Waals surface area contributed by atoms with E-state index in [0.29, 0.717) is 24.5 Å². The minimum atomic E-state index is -0.719. The van der Waals surface area contributed by atoms with Crippen LogP contribution in [0.1, 0.15) is 47.0 Å². The molecule has 0 aliphatic carbocycles. The Morgan fingerprint density at radius 3 is 2.56 bits per heavy atom. The van der Waals surface area contributed by atoms with Crippen LogP contribution in [-0.4, -0.2) is 40.8 Å². The topological polar surface area (TPSA) is 49.5 Å². The van der Waals surface area contributed by atoms with Gasteiger partial charge in [-0.2, -0.15) is 0 Å². The molecule has 0 aromatic carbocycles. The molecular formula is C13H28N2O. The van der Waals surface area contributed by atoms with Crippen molar-refractivity contribution < 1.29 is 5.11 Å². The number of hydrogen-bond donors (Lipinski definition) is 2. The summed E-state index contributed by atoms with van der Waals surface area (Å²) in [6.07, 6.45) is 3.36. The lowest BCUT2D eigenvalue weighted by molar-refractivity contribution is 0.0218. The molecule has 0 radical (unpaired) electrons. The molecule has 96 valence electrons. The van der Waals surface area contributed by atoms with E-state index in [9.17, 15) is 5.11 Å². The summed E-state index contributed by atoms with van der Waals surface area (Å²) in [6, 6.07) is 1.11. The minimum absolute atomic E-state index is 0.345. The van der Waals surface area contributed by atoms with Gasteiger partial charge in [0.25, 0.3) is 0 Å². The Morgan fingerprint density at radius 2 is 2.06 bits per heavy atom. The van der Waals surface area contributed by atoms with Gasteiger partial charge in [-0.15, -0.1) is 0 Å². The van der Waals surface area contributed by atoms with E-state index in [-0.39, 0.29) is 0 Å². The van der Waals surface area contributed by atoms with Crippen molar-refractivity contribution in [2.45, 2.75) is 64.6 Å². The zero-order valence-corrected chi connectivity index (χ0v) is 11.2. The van der Waals surface area contributed by atoms with Gasteiger partial charge < -0.3 is 10.8 Å². The van der Waals surface area contributed by atoms with Gasteiger partial charge in [-0.25, -0.2) is 0 Å². The summed E-state index contributed by atoms with van der Waals surface area (Å²) >= 11 is 0. The number of likely N-dealkylation sites (tertiary alicyclic amines) is 1. The molecule has 0 spiro atoms. The lowest BCUT2D eigenvalue weighted by Crippen LogP contribution is -2.46. The summed E-state index contributed by atoms with van der Waals surface area (Å²) in [7, 11) is 0. The van der Waals surface area contributed by atoms with Crippen LogP contribution in [0.5, 0.6) is 0 Å². The zero-order valence-electron chi connectivity index (χ0n) is 11.2. The number of aliphatic hydroxyl groups is 1. The third kappa shape index (κ3) is 3.44. The van der Waals surface area contributed by atoms with E-state index in [1.54, 1.807) is 0 Å². The van der Waals surface area contributed by atoms with Gasteiger partial charge in [0.15, 0.2) is 0 Å². The fourth-order valence-electron chi connectivity index (χ4n) is 2.92. The monoisotopic (exact) mass is 228 g/mol. The molecule has 0 aromatic rings. The highest BCUT2D eigenvalue weighted by Gasteiger charge is 2.33. The molecule has 3 nitrogen and oxygen atoms in total. The predicted molar refractivity (Wildman–Crippen MR) is 68.3 cm³/mol. The third-order valence-corrected chi connectivity index (χ3v) is 3.85. The molecule has 0 amide bonds. The summed E-state index contributed by atoms with van der Waals surface area (Å²) < 4.78 is 0. The van der Waals surface area contributed by atoms with Gasteiger partial charge >= 0.3 is 0 Å². The van der Waals surface area contributed by atoms with E-state index in [1.165, 1.54) is 19.4 Å². The molecule has 3 unspecified atom stereocenters. The highest BCUT2D eigenvalue weighted by Crippen LogP contribution is 2.28. The van der Waals surface area contributed by atoms with Crippen LogP contribution >= 0.6 is 0 Å². The zero-order chi connectivity index (χ0) is 12.3. The van der Waals surface area contributed by atoms with Crippen LogP contribution in [0.3, 0.4) is 0 Å². The average molecular weight is 228 g/mol. The highest BCUT2D eigenvalue weighted by atomic mass is 16.3. The Bertz CT molecular complexity index is 216. The quantitative estimate of drug-likeness (QED) is 0.751. The Hall–Kier alpha value is -0.120. The van der Waals surface area contributed by atoms with Crippen LogP contribution in [0.15, 0.2) is 0 Å². The predicted octanol–water partition coefficient (Wildman–Crippen LogP) is 1.60. The maximum atomic E-state index is 10.0. The van der Waals surface area contributed by atoms with E-state index >= 15 is 0 Å². The van der Waals surface area contributed by atoms with Gasteiger partial charge in [0.2, 0.25) is 0 Å². The van der Waals surface area contributed by atoms with Gasteiger partial charge in [0.05, 0.1) is 5.60 Å². The van der Waals surface area contributed by atoms with Crippen molar-refractivity contribution in [2.75, 3.05) is 13.1 Å². The Morgan fingerprint density at radius 1 is 1.44 bits per heavy atom. The summed E-state index contributed by atoms with van der Waals surface area (Å²) in [5.41, 5.74) is 4.86. The van der Waals surface area contributed by atoms with E-state index < -0.39 is 5.60 Å². The Labute approximate surface area is 100 Å². The second-order valence-electron chi connectivity index (χ2n) is 5.95. The summed E-state index contributed by atoms with van der Waals surface area (Å²) in [4.78, 5) is 2.55. The smallest absolute Gasteiger partial charge is 0.0756 e. The highest BCUT2D eigenvalue weighted by molar-refractivity contribution is 4.88. The fraction of sp³-hybridized carbons (Fsp3) is 1.00. The largest absolute Gasteiger partial charge is 0.389 e. The molecule has 1 fully saturated rings. The van der Waals surface area contributed by atoms with Crippen LogP contribution in [0.4, 0.5) is 0 Å². The first-order valence-electron chi connectivity index (χ1n) is 6.55. The SMILES string of the molecule is CC(C)C1CCCN1C(C)CC(C)(O)CN. The van der Waals surface area contributed by atoms with Gasteiger partial charge in [-0.1, -0.05) is 13.8 Å². The maximum Gasteiger partial charge on any atom is 0.0756 e. The first kappa shape index (κ1) is 13.9. The van der Waals surface area contributed by atoms with Crippen molar-refractivity contribution in [3.63, 3.8) is 0 Å². The molecule has 0 aromatic heterocycles. The fourth-order valence-corrected chi connectivity index (χ4v) is 2.92. The van der Waals surface area contributed by atoms with Gasteiger partial charge in [-0.3, -0.25) is 4.90 Å². The summed E-state index contributed by atoms with van der Waals surface area (Å²) in [6.45, 7) is 10.1. The third-order valence-electron chi connectivity index (χ3n) is 3.85. The first-order chi connectivity index (χ1) is 7.37. The second-order valence-corrected chi connectivity index (χ2v) is 5.95. The van der Waals surface area contributed by atoms with E-state index in [0.717, 1.165) is 6.42 Å². The lowest BCUT2D eigenvalue weighted by atomic mass is 9.94. The molecule has 1 heterocycles.